The Kier molecular flexibility index (Phi) is 7.07. The van der Waals surface area contributed by atoms with E-state index >= 15 is 0 Å². The Labute approximate surface area is 198 Å². The summed E-state index contributed by atoms with van der Waals surface area (Å²) in [4.78, 5) is 17.7. The molecule has 0 aliphatic carbocycles. The Morgan fingerprint density at radius 1 is 1.03 bits per heavy atom. The van der Waals surface area contributed by atoms with E-state index in [0.29, 0.717) is 10.7 Å². The number of likely N-dealkylation sites (N-methyl/N-ethyl adjacent to an activating group) is 1. The first-order valence-corrected chi connectivity index (χ1v) is 12.8. The van der Waals surface area contributed by atoms with Gasteiger partial charge in [-0.1, -0.05) is 36.7 Å². The van der Waals surface area contributed by atoms with E-state index in [-0.39, 0.29) is 22.2 Å². The van der Waals surface area contributed by atoms with Crippen LogP contribution in [-0.4, -0.2) is 51.9 Å². The number of benzene rings is 2. The van der Waals surface area contributed by atoms with Gasteiger partial charge in [-0.2, -0.15) is 0 Å². The average Bonchev–Trinajstić information content (AvgIpc) is 3.28. The lowest BCUT2D eigenvalue weighted by Gasteiger charge is -2.36. The van der Waals surface area contributed by atoms with Gasteiger partial charge in [-0.3, -0.25) is 4.79 Å². The Bertz CT molecular complexity index is 1220. The van der Waals surface area contributed by atoms with Crippen LogP contribution < -0.4 is 10.2 Å². The number of anilines is 2. The summed E-state index contributed by atoms with van der Waals surface area (Å²) in [5.74, 6) is -0.552. The Morgan fingerprint density at radius 3 is 2.45 bits per heavy atom. The van der Waals surface area contributed by atoms with Crippen molar-refractivity contribution in [1.82, 2.24) is 4.90 Å². The molecule has 7 nitrogen and oxygen atoms in total. The van der Waals surface area contributed by atoms with Crippen molar-refractivity contribution < 1.29 is 17.6 Å². The van der Waals surface area contributed by atoms with Gasteiger partial charge in [0.25, 0.3) is 5.91 Å². The number of hydrogen-bond acceptors (Lipinski definition) is 6. The number of nitrogens with zero attached hydrogens (tertiary/aromatic N) is 2. The summed E-state index contributed by atoms with van der Waals surface area (Å²) in [5, 5.41) is 3.39. The third kappa shape index (κ3) is 5.58. The molecule has 0 radical (unpaired) electrons. The van der Waals surface area contributed by atoms with Gasteiger partial charge in [0.2, 0.25) is 0 Å². The maximum absolute atomic E-state index is 12.9. The van der Waals surface area contributed by atoms with Crippen LogP contribution in [0.4, 0.5) is 11.4 Å². The molecule has 0 atom stereocenters. The molecule has 1 saturated heterocycles. The topological polar surface area (TPSA) is 82.9 Å². The van der Waals surface area contributed by atoms with Crippen molar-refractivity contribution in [3.8, 4) is 0 Å². The molecule has 1 N–H and O–H groups in total. The van der Waals surface area contributed by atoms with Crippen LogP contribution in [0.15, 0.2) is 70.0 Å². The van der Waals surface area contributed by atoms with E-state index in [2.05, 4.69) is 22.0 Å². The zero-order valence-corrected chi connectivity index (χ0v) is 19.9. The standard InChI is InChI=1S/C24H26ClN3O4S/c1-2-27-12-14-28(15-13-27)22-10-8-18(25)16-21(22)26-24(29)23-11-9-19(32-23)17-33(30,31)20-6-4-3-5-7-20/h3-11,16H,2,12-15,17H2,1H3,(H,26,29). The van der Waals surface area contributed by atoms with Crippen LogP contribution in [0.3, 0.4) is 0 Å². The predicted molar refractivity (Wildman–Crippen MR) is 130 cm³/mol. The molecule has 0 spiro atoms. The molecule has 0 saturated carbocycles. The first-order valence-electron chi connectivity index (χ1n) is 10.8. The maximum atomic E-state index is 12.9. The Balaban J connectivity index is 1.48. The number of halogens is 1. The zero-order valence-electron chi connectivity index (χ0n) is 18.3. The lowest BCUT2D eigenvalue weighted by atomic mass is 10.2. The molecule has 174 valence electrons. The average molecular weight is 488 g/mol. The highest BCUT2D eigenvalue weighted by Crippen LogP contribution is 2.31. The minimum Gasteiger partial charge on any atom is -0.455 e. The first-order chi connectivity index (χ1) is 15.9. The molecule has 2 aromatic carbocycles. The summed E-state index contributed by atoms with van der Waals surface area (Å²) in [5.41, 5.74) is 1.48. The van der Waals surface area contributed by atoms with Crippen molar-refractivity contribution in [2.75, 3.05) is 42.9 Å². The highest BCUT2D eigenvalue weighted by molar-refractivity contribution is 7.90. The molecule has 0 bridgehead atoms. The van der Waals surface area contributed by atoms with E-state index < -0.39 is 15.7 Å². The van der Waals surface area contributed by atoms with E-state index in [9.17, 15) is 13.2 Å². The fourth-order valence-corrected chi connectivity index (χ4v) is 5.29. The summed E-state index contributed by atoms with van der Waals surface area (Å²) in [6.07, 6.45) is 0. The molecule has 1 amide bonds. The van der Waals surface area contributed by atoms with Gasteiger partial charge >= 0.3 is 0 Å². The summed E-state index contributed by atoms with van der Waals surface area (Å²) >= 11 is 6.20. The van der Waals surface area contributed by atoms with Gasteiger partial charge < -0.3 is 19.5 Å². The van der Waals surface area contributed by atoms with E-state index in [1.54, 1.807) is 30.3 Å². The molecule has 9 heteroatoms. The number of hydrogen-bond donors (Lipinski definition) is 1. The molecule has 1 aromatic heterocycles. The number of piperazine rings is 1. The summed E-state index contributed by atoms with van der Waals surface area (Å²) in [7, 11) is -3.57. The van der Waals surface area contributed by atoms with Crippen LogP contribution in [0.1, 0.15) is 23.2 Å². The molecule has 2 heterocycles. The second-order valence-corrected chi connectivity index (χ2v) is 10.3. The first kappa shape index (κ1) is 23.4. The second kappa shape index (κ2) is 9.99. The fourth-order valence-electron chi connectivity index (χ4n) is 3.85. The van der Waals surface area contributed by atoms with Gasteiger partial charge in [-0.05, 0) is 49.0 Å². The quantitative estimate of drug-likeness (QED) is 0.535. The molecule has 1 fully saturated rings. The van der Waals surface area contributed by atoms with Crippen LogP contribution in [0.5, 0.6) is 0 Å². The highest BCUT2D eigenvalue weighted by Gasteiger charge is 2.22. The number of nitrogens with one attached hydrogen (secondary N) is 1. The highest BCUT2D eigenvalue weighted by atomic mass is 35.5. The molecule has 1 aliphatic heterocycles. The smallest absolute Gasteiger partial charge is 0.291 e. The van der Waals surface area contributed by atoms with Gasteiger partial charge in [0.1, 0.15) is 11.5 Å². The minimum absolute atomic E-state index is 0.0370. The van der Waals surface area contributed by atoms with Crippen LogP contribution in [0.25, 0.3) is 0 Å². The molecule has 3 aromatic rings. The number of sulfone groups is 1. The third-order valence-electron chi connectivity index (χ3n) is 5.69. The molecular weight excluding hydrogens is 462 g/mol. The molecule has 33 heavy (non-hydrogen) atoms. The summed E-state index contributed by atoms with van der Waals surface area (Å²) < 4.78 is 30.8. The summed E-state index contributed by atoms with van der Waals surface area (Å²) in [6.45, 7) is 6.75. The SMILES string of the molecule is CCN1CCN(c2ccc(Cl)cc2NC(=O)c2ccc(CS(=O)(=O)c3ccccc3)o2)CC1. The third-order valence-corrected chi connectivity index (χ3v) is 7.58. The largest absolute Gasteiger partial charge is 0.455 e. The van der Waals surface area contributed by atoms with Crippen LogP contribution in [-0.2, 0) is 15.6 Å². The van der Waals surface area contributed by atoms with Gasteiger partial charge in [-0.15, -0.1) is 0 Å². The predicted octanol–water partition coefficient (Wildman–Crippen LogP) is 4.30. The van der Waals surface area contributed by atoms with Crippen molar-refractivity contribution in [3.63, 3.8) is 0 Å². The van der Waals surface area contributed by atoms with Crippen molar-refractivity contribution in [1.29, 1.82) is 0 Å². The molecular formula is C24H26ClN3O4S. The normalized spacial score (nSPS) is 14.9. The number of rotatable bonds is 7. The fraction of sp³-hybridized carbons (Fsp3) is 0.292. The Morgan fingerprint density at radius 2 is 1.76 bits per heavy atom. The van der Waals surface area contributed by atoms with Crippen molar-refractivity contribution >= 4 is 38.7 Å². The molecule has 1 aliphatic rings. The van der Waals surface area contributed by atoms with Gasteiger partial charge in [-0.25, -0.2) is 8.42 Å². The van der Waals surface area contributed by atoms with E-state index in [1.807, 2.05) is 6.07 Å². The van der Waals surface area contributed by atoms with Gasteiger partial charge in [0, 0.05) is 31.2 Å². The van der Waals surface area contributed by atoms with Crippen LogP contribution in [0.2, 0.25) is 5.02 Å². The number of carbonyl (C=O) groups is 1. The zero-order chi connectivity index (χ0) is 23.4. The molecule has 4 rings (SSSR count). The van der Waals surface area contributed by atoms with Crippen molar-refractivity contribution in [3.05, 3.63) is 77.2 Å². The number of carbonyl (C=O) groups excluding carboxylic acids is 1. The maximum Gasteiger partial charge on any atom is 0.291 e. The lowest BCUT2D eigenvalue weighted by molar-refractivity contribution is 0.0995. The molecule has 0 unspecified atom stereocenters. The lowest BCUT2D eigenvalue weighted by Crippen LogP contribution is -2.46. The van der Waals surface area contributed by atoms with Crippen molar-refractivity contribution in [2.45, 2.75) is 17.6 Å². The number of amides is 1. The van der Waals surface area contributed by atoms with Crippen LogP contribution in [0, 0.1) is 0 Å². The van der Waals surface area contributed by atoms with Crippen LogP contribution >= 0.6 is 11.6 Å². The van der Waals surface area contributed by atoms with Crippen molar-refractivity contribution in [2.24, 2.45) is 0 Å². The van der Waals surface area contributed by atoms with Gasteiger partial charge in [0.15, 0.2) is 15.6 Å². The monoisotopic (exact) mass is 487 g/mol. The number of furan rings is 1. The minimum atomic E-state index is -3.57. The van der Waals surface area contributed by atoms with E-state index in [0.717, 1.165) is 38.4 Å². The second-order valence-electron chi connectivity index (χ2n) is 7.88. The van der Waals surface area contributed by atoms with E-state index in [4.69, 9.17) is 16.0 Å². The van der Waals surface area contributed by atoms with Gasteiger partial charge in [0.05, 0.1) is 16.3 Å². The Hall–Kier alpha value is -2.81. The summed E-state index contributed by atoms with van der Waals surface area (Å²) in [6, 6.07) is 16.6. The van der Waals surface area contributed by atoms with E-state index in [1.165, 1.54) is 24.3 Å².